The number of hydrogen-bond acceptors (Lipinski definition) is 4. The van der Waals surface area contributed by atoms with Crippen molar-refractivity contribution in [1.29, 1.82) is 0 Å². The number of ether oxygens (including phenoxy) is 2. The molecule has 0 aromatic heterocycles. The maximum absolute atomic E-state index is 11.6. The molecule has 1 amide bonds. The van der Waals surface area contributed by atoms with Crippen LogP contribution in [0.1, 0.15) is 12.5 Å². The van der Waals surface area contributed by atoms with Crippen molar-refractivity contribution in [3.8, 4) is 5.75 Å². The normalized spacial score (nSPS) is 13.9. The van der Waals surface area contributed by atoms with Gasteiger partial charge in [0.15, 0.2) is 0 Å². The highest BCUT2D eigenvalue weighted by Gasteiger charge is 2.25. The number of carbonyl (C=O) groups excluding carboxylic acids is 1. The van der Waals surface area contributed by atoms with Gasteiger partial charge in [-0.15, -0.1) is 0 Å². The Morgan fingerprint density at radius 1 is 1.28 bits per heavy atom. The van der Waals surface area contributed by atoms with Crippen LogP contribution in [0.4, 0.5) is 10.5 Å². The summed E-state index contributed by atoms with van der Waals surface area (Å²) in [6, 6.07) is 5.73. The minimum absolute atomic E-state index is 0.418. The molecule has 0 N–H and O–H groups in total. The van der Waals surface area contributed by atoms with E-state index in [-0.39, 0.29) is 0 Å². The molecular formula is C13H16N2O3. The van der Waals surface area contributed by atoms with Crippen LogP contribution in [0.5, 0.6) is 5.75 Å². The van der Waals surface area contributed by atoms with Crippen LogP contribution in [-0.4, -0.2) is 32.4 Å². The summed E-state index contributed by atoms with van der Waals surface area (Å²) < 4.78 is 9.95. The highest BCUT2D eigenvalue weighted by molar-refractivity contribution is 5.84. The van der Waals surface area contributed by atoms with Crippen LogP contribution >= 0.6 is 0 Å². The summed E-state index contributed by atoms with van der Waals surface area (Å²) in [5.41, 5.74) is 2.95. The van der Waals surface area contributed by atoms with Gasteiger partial charge in [-0.05, 0) is 30.7 Å². The predicted molar refractivity (Wildman–Crippen MR) is 69.3 cm³/mol. The number of amides is 1. The van der Waals surface area contributed by atoms with Gasteiger partial charge in [-0.3, -0.25) is 5.01 Å². The van der Waals surface area contributed by atoms with Crippen LogP contribution in [0, 0.1) is 0 Å². The van der Waals surface area contributed by atoms with Crippen LogP contribution < -0.4 is 9.75 Å². The van der Waals surface area contributed by atoms with Gasteiger partial charge < -0.3 is 9.47 Å². The summed E-state index contributed by atoms with van der Waals surface area (Å²) in [4.78, 5) is 11.6. The van der Waals surface area contributed by atoms with Crippen molar-refractivity contribution in [3.63, 3.8) is 0 Å². The predicted octanol–water partition coefficient (Wildman–Crippen LogP) is 2.49. The van der Waals surface area contributed by atoms with E-state index in [1.165, 1.54) is 12.1 Å². The first-order valence-electron chi connectivity index (χ1n) is 5.56. The molecule has 1 heterocycles. The zero-order chi connectivity index (χ0) is 13.3. The van der Waals surface area contributed by atoms with E-state index >= 15 is 0 Å². The van der Waals surface area contributed by atoms with Crippen LogP contribution in [0.2, 0.25) is 0 Å². The summed E-state index contributed by atoms with van der Waals surface area (Å²) in [5, 5.41) is 3.18. The molecule has 18 heavy (non-hydrogen) atoms. The first kappa shape index (κ1) is 12.3. The van der Waals surface area contributed by atoms with E-state index in [0.717, 1.165) is 22.6 Å². The lowest BCUT2D eigenvalue weighted by Gasteiger charge is -2.35. The molecule has 1 aromatic rings. The molecule has 0 fully saturated rings. The Balaban J connectivity index is 2.47. The van der Waals surface area contributed by atoms with Crippen LogP contribution in [0.15, 0.2) is 24.4 Å². The second kappa shape index (κ2) is 4.60. The molecule has 5 nitrogen and oxygen atoms in total. The summed E-state index contributed by atoms with van der Waals surface area (Å²) in [5.74, 6) is 0.793. The number of hydrazine groups is 1. The van der Waals surface area contributed by atoms with Gasteiger partial charge in [0.2, 0.25) is 0 Å². The van der Waals surface area contributed by atoms with Gasteiger partial charge in [0.1, 0.15) is 5.75 Å². The molecule has 0 aliphatic carbocycles. The molecule has 0 bridgehead atoms. The third-order valence-electron chi connectivity index (χ3n) is 2.98. The first-order chi connectivity index (χ1) is 8.58. The summed E-state index contributed by atoms with van der Waals surface area (Å²) in [6.45, 7) is 1.95. The Morgan fingerprint density at radius 3 is 2.61 bits per heavy atom. The lowest BCUT2D eigenvalue weighted by Crippen LogP contribution is -2.42. The number of benzene rings is 1. The van der Waals surface area contributed by atoms with Crippen LogP contribution in [0.25, 0.3) is 5.57 Å². The quantitative estimate of drug-likeness (QED) is 0.765. The summed E-state index contributed by atoms with van der Waals surface area (Å²) in [7, 11) is 4.81. The fourth-order valence-electron chi connectivity index (χ4n) is 1.96. The van der Waals surface area contributed by atoms with Gasteiger partial charge in [0.25, 0.3) is 0 Å². The second-order valence-electron chi connectivity index (χ2n) is 4.03. The number of allylic oxidation sites excluding steroid dienone is 1. The van der Waals surface area contributed by atoms with Crippen LogP contribution in [-0.2, 0) is 4.74 Å². The molecule has 0 saturated heterocycles. The van der Waals surface area contributed by atoms with Gasteiger partial charge in [0.05, 0.1) is 19.9 Å². The molecule has 5 heteroatoms. The Bertz CT molecular complexity index is 511. The minimum Gasteiger partial charge on any atom is -0.497 e. The molecular weight excluding hydrogens is 232 g/mol. The Hall–Kier alpha value is -2.17. The zero-order valence-corrected chi connectivity index (χ0v) is 10.9. The zero-order valence-electron chi connectivity index (χ0n) is 10.9. The SMILES string of the molecule is COC(=O)N1C=C(C)c2cc(OC)ccc2N1C. The number of rotatable bonds is 1. The number of methoxy groups -OCH3 is 2. The number of fused-ring (bicyclic) bond motifs is 1. The summed E-state index contributed by atoms with van der Waals surface area (Å²) >= 11 is 0. The van der Waals surface area contributed by atoms with Gasteiger partial charge in [0, 0.05) is 18.8 Å². The van der Waals surface area contributed by atoms with E-state index in [4.69, 9.17) is 9.47 Å². The van der Waals surface area contributed by atoms with Crippen molar-refractivity contribution in [2.24, 2.45) is 0 Å². The monoisotopic (exact) mass is 248 g/mol. The molecule has 0 radical (unpaired) electrons. The molecule has 96 valence electrons. The van der Waals surface area contributed by atoms with Gasteiger partial charge in [-0.25, -0.2) is 4.79 Å². The first-order valence-corrected chi connectivity index (χ1v) is 5.56. The average molecular weight is 248 g/mol. The van der Waals surface area contributed by atoms with E-state index in [9.17, 15) is 4.79 Å². The third-order valence-corrected chi connectivity index (χ3v) is 2.98. The Kier molecular flexibility index (Phi) is 3.14. The molecule has 0 unspecified atom stereocenters. The maximum Gasteiger partial charge on any atom is 0.432 e. The molecule has 2 rings (SSSR count). The van der Waals surface area contributed by atoms with Crippen molar-refractivity contribution in [2.75, 3.05) is 26.3 Å². The maximum atomic E-state index is 11.6. The molecule has 0 atom stereocenters. The van der Waals surface area contributed by atoms with Crippen molar-refractivity contribution >= 4 is 17.4 Å². The van der Waals surface area contributed by atoms with Crippen molar-refractivity contribution in [3.05, 3.63) is 30.0 Å². The van der Waals surface area contributed by atoms with E-state index in [0.29, 0.717) is 0 Å². The van der Waals surface area contributed by atoms with E-state index < -0.39 is 6.09 Å². The van der Waals surface area contributed by atoms with E-state index in [2.05, 4.69) is 0 Å². The third kappa shape index (κ3) is 1.88. The standard InChI is InChI=1S/C13H16N2O3/c1-9-8-15(13(16)18-4)14(2)12-6-5-10(17-3)7-11(9)12/h5-8H,1-4H3. The average Bonchev–Trinajstić information content (AvgIpc) is 2.41. The lowest BCUT2D eigenvalue weighted by molar-refractivity contribution is 0.138. The Morgan fingerprint density at radius 2 is 2.00 bits per heavy atom. The smallest absolute Gasteiger partial charge is 0.432 e. The number of hydrogen-bond donors (Lipinski definition) is 0. The van der Waals surface area contributed by atoms with Crippen molar-refractivity contribution in [1.82, 2.24) is 5.01 Å². The number of carbonyl (C=O) groups is 1. The highest BCUT2D eigenvalue weighted by atomic mass is 16.5. The fourth-order valence-corrected chi connectivity index (χ4v) is 1.96. The molecule has 1 aliphatic rings. The second-order valence-corrected chi connectivity index (χ2v) is 4.03. The van der Waals surface area contributed by atoms with E-state index in [1.807, 2.05) is 32.2 Å². The number of anilines is 1. The molecule has 0 spiro atoms. The van der Waals surface area contributed by atoms with Gasteiger partial charge in [-0.2, -0.15) is 5.01 Å². The molecule has 1 aliphatic heterocycles. The molecule has 1 aromatic carbocycles. The largest absolute Gasteiger partial charge is 0.497 e. The fraction of sp³-hybridized carbons (Fsp3) is 0.308. The van der Waals surface area contributed by atoms with E-state index in [1.54, 1.807) is 18.3 Å². The molecule has 0 saturated carbocycles. The Labute approximate surface area is 106 Å². The lowest BCUT2D eigenvalue weighted by atomic mass is 10.0. The van der Waals surface area contributed by atoms with Crippen molar-refractivity contribution in [2.45, 2.75) is 6.92 Å². The number of nitrogens with zero attached hydrogens (tertiary/aromatic N) is 2. The van der Waals surface area contributed by atoms with Crippen LogP contribution in [0.3, 0.4) is 0 Å². The highest BCUT2D eigenvalue weighted by Crippen LogP contribution is 2.35. The van der Waals surface area contributed by atoms with Crippen molar-refractivity contribution < 1.29 is 14.3 Å². The van der Waals surface area contributed by atoms with Gasteiger partial charge in [-0.1, -0.05) is 0 Å². The minimum atomic E-state index is -0.418. The van der Waals surface area contributed by atoms with Gasteiger partial charge >= 0.3 is 6.09 Å². The summed E-state index contributed by atoms with van der Waals surface area (Å²) in [6.07, 6.45) is 1.33. The topological polar surface area (TPSA) is 42.0 Å².